The highest BCUT2D eigenvalue weighted by Gasteiger charge is 2.09. The van der Waals surface area contributed by atoms with E-state index in [0.29, 0.717) is 10.7 Å². The van der Waals surface area contributed by atoms with Crippen molar-refractivity contribution in [1.82, 2.24) is 9.97 Å². The van der Waals surface area contributed by atoms with Gasteiger partial charge in [-0.05, 0) is 31.2 Å². The molecule has 1 aromatic carbocycles. The Morgan fingerprint density at radius 1 is 1.25 bits per heavy atom. The van der Waals surface area contributed by atoms with Gasteiger partial charge in [0.15, 0.2) is 0 Å². The topological polar surface area (TPSA) is 66.0 Å². The first-order chi connectivity index (χ1) is 9.61. The summed E-state index contributed by atoms with van der Waals surface area (Å²) in [6.45, 7) is 1.79. The lowest BCUT2D eigenvalue weighted by Crippen LogP contribution is -1.98. The number of hydrogen-bond donors (Lipinski definition) is 2. The van der Waals surface area contributed by atoms with Gasteiger partial charge in [0.25, 0.3) is 0 Å². The van der Waals surface area contributed by atoms with E-state index in [-0.39, 0.29) is 5.56 Å². The van der Waals surface area contributed by atoms with Gasteiger partial charge in [-0.1, -0.05) is 30.0 Å². The number of nitrogens with one attached hydrogen (secondary N) is 1. The SMILES string of the molecule is Cc1cc(C(=O)O)cc(Sc2cc3ccccc3[nH]2)n1. The molecule has 0 radical (unpaired) electrons. The van der Waals surface area contributed by atoms with Gasteiger partial charge in [-0.15, -0.1) is 0 Å². The fraction of sp³-hybridized carbons (Fsp3) is 0.0667. The van der Waals surface area contributed by atoms with Crippen LogP contribution in [0.5, 0.6) is 0 Å². The molecule has 3 aromatic rings. The standard InChI is InChI=1S/C15H12N2O2S/c1-9-6-11(15(18)19)8-13(16-9)20-14-7-10-4-2-3-5-12(10)17-14/h2-8,17H,1H3,(H,18,19). The molecule has 0 bridgehead atoms. The molecule has 0 aliphatic carbocycles. The number of carboxylic acids is 1. The van der Waals surface area contributed by atoms with E-state index in [1.54, 1.807) is 19.1 Å². The first-order valence-corrected chi connectivity index (χ1v) is 6.91. The molecule has 0 saturated carbocycles. The number of aromatic amines is 1. The Morgan fingerprint density at radius 2 is 2.05 bits per heavy atom. The summed E-state index contributed by atoms with van der Waals surface area (Å²) in [5.74, 6) is -0.936. The van der Waals surface area contributed by atoms with Crippen LogP contribution in [0.3, 0.4) is 0 Å². The summed E-state index contributed by atoms with van der Waals surface area (Å²) in [7, 11) is 0. The van der Waals surface area contributed by atoms with E-state index in [1.807, 2.05) is 30.3 Å². The van der Waals surface area contributed by atoms with E-state index in [4.69, 9.17) is 5.11 Å². The van der Waals surface area contributed by atoms with Crippen LogP contribution in [0.15, 0.2) is 52.5 Å². The molecule has 3 rings (SSSR count). The van der Waals surface area contributed by atoms with Crippen LogP contribution in [-0.4, -0.2) is 21.0 Å². The number of rotatable bonds is 3. The summed E-state index contributed by atoms with van der Waals surface area (Å²) in [4.78, 5) is 18.7. The normalized spacial score (nSPS) is 10.8. The van der Waals surface area contributed by atoms with Crippen LogP contribution >= 0.6 is 11.8 Å². The monoisotopic (exact) mass is 284 g/mol. The maximum atomic E-state index is 11.1. The quantitative estimate of drug-likeness (QED) is 0.769. The average Bonchev–Trinajstić information content (AvgIpc) is 2.79. The number of benzene rings is 1. The van der Waals surface area contributed by atoms with Crippen LogP contribution in [-0.2, 0) is 0 Å². The van der Waals surface area contributed by atoms with E-state index in [9.17, 15) is 4.79 Å². The molecule has 4 nitrogen and oxygen atoms in total. The molecule has 20 heavy (non-hydrogen) atoms. The second-order valence-electron chi connectivity index (χ2n) is 4.46. The first-order valence-electron chi connectivity index (χ1n) is 6.09. The van der Waals surface area contributed by atoms with Crippen LogP contribution in [0, 0.1) is 6.92 Å². The van der Waals surface area contributed by atoms with Gasteiger partial charge in [0.1, 0.15) is 5.03 Å². The van der Waals surface area contributed by atoms with E-state index in [0.717, 1.165) is 15.9 Å². The van der Waals surface area contributed by atoms with Crippen molar-refractivity contribution in [1.29, 1.82) is 0 Å². The molecule has 2 heterocycles. The van der Waals surface area contributed by atoms with Gasteiger partial charge in [-0.3, -0.25) is 0 Å². The van der Waals surface area contributed by atoms with Crippen molar-refractivity contribution < 1.29 is 9.90 Å². The molecule has 0 fully saturated rings. The van der Waals surface area contributed by atoms with Crippen molar-refractivity contribution >= 4 is 28.6 Å². The number of aromatic nitrogens is 2. The van der Waals surface area contributed by atoms with Gasteiger partial charge in [-0.2, -0.15) is 0 Å². The molecule has 0 aliphatic heterocycles. The lowest BCUT2D eigenvalue weighted by Gasteiger charge is -2.02. The molecule has 100 valence electrons. The Kier molecular flexibility index (Phi) is 3.20. The smallest absolute Gasteiger partial charge is 0.335 e. The highest BCUT2D eigenvalue weighted by atomic mass is 32.2. The Bertz CT molecular complexity index is 762. The predicted octanol–water partition coefficient (Wildman–Crippen LogP) is 3.72. The van der Waals surface area contributed by atoms with Crippen molar-refractivity contribution in [2.24, 2.45) is 0 Å². The number of pyridine rings is 1. The van der Waals surface area contributed by atoms with Crippen molar-refractivity contribution in [2.75, 3.05) is 0 Å². The van der Waals surface area contributed by atoms with Crippen molar-refractivity contribution in [3.05, 3.63) is 53.7 Å². The lowest BCUT2D eigenvalue weighted by molar-refractivity contribution is 0.0696. The van der Waals surface area contributed by atoms with Crippen LogP contribution < -0.4 is 0 Å². The number of nitrogens with zero attached hydrogens (tertiary/aromatic N) is 1. The second-order valence-corrected chi connectivity index (χ2v) is 5.53. The van der Waals surface area contributed by atoms with E-state index in [1.165, 1.54) is 11.8 Å². The summed E-state index contributed by atoms with van der Waals surface area (Å²) in [5, 5.41) is 11.8. The van der Waals surface area contributed by atoms with E-state index < -0.39 is 5.97 Å². The molecule has 5 heteroatoms. The van der Waals surface area contributed by atoms with Gasteiger partial charge in [0, 0.05) is 16.6 Å². The Morgan fingerprint density at radius 3 is 2.80 bits per heavy atom. The van der Waals surface area contributed by atoms with Crippen molar-refractivity contribution in [3.8, 4) is 0 Å². The number of aromatic carboxylic acids is 1. The fourth-order valence-electron chi connectivity index (χ4n) is 2.03. The van der Waals surface area contributed by atoms with E-state index in [2.05, 4.69) is 9.97 Å². The number of H-pyrrole nitrogens is 1. The highest BCUT2D eigenvalue weighted by molar-refractivity contribution is 7.99. The zero-order chi connectivity index (χ0) is 14.1. The summed E-state index contributed by atoms with van der Waals surface area (Å²) in [5.41, 5.74) is 2.01. The molecule has 0 saturated heterocycles. The molecular weight excluding hydrogens is 272 g/mol. The fourth-order valence-corrected chi connectivity index (χ4v) is 2.98. The summed E-state index contributed by atoms with van der Waals surface area (Å²) < 4.78 is 0. The third kappa shape index (κ3) is 2.53. The maximum absolute atomic E-state index is 11.1. The third-order valence-electron chi connectivity index (χ3n) is 2.90. The zero-order valence-corrected chi connectivity index (χ0v) is 11.6. The number of hydrogen-bond acceptors (Lipinski definition) is 3. The number of aryl methyl sites for hydroxylation is 1. The number of fused-ring (bicyclic) bond motifs is 1. The van der Waals surface area contributed by atoms with Crippen LogP contribution in [0.4, 0.5) is 0 Å². The molecule has 0 spiro atoms. The highest BCUT2D eigenvalue weighted by Crippen LogP contribution is 2.29. The Hall–Kier alpha value is -2.27. The molecule has 0 unspecified atom stereocenters. The van der Waals surface area contributed by atoms with E-state index >= 15 is 0 Å². The molecule has 0 amide bonds. The van der Waals surface area contributed by atoms with Crippen LogP contribution in [0.1, 0.15) is 16.1 Å². The summed E-state index contributed by atoms with van der Waals surface area (Å²) in [6, 6.07) is 13.2. The minimum atomic E-state index is -0.936. The molecular formula is C15H12N2O2S. The van der Waals surface area contributed by atoms with Crippen molar-refractivity contribution in [2.45, 2.75) is 17.0 Å². The van der Waals surface area contributed by atoms with Gasteiger partial charge in [0.05, 0.1) is 10.6 Å². The minimum Gasteiger partial charge on any atom is -0.478 e. The molecule has 0 atom stereocenters. The maximum Gasteiger partial charge on any atom is 0.335 e. The third-order valence-corrected chi connectivity index (χ3v) is 3.75. The van der Waals surface area contributed by atoms with Gasteiger partial charge in [-0.25, -0.2) is 9.78 Å². The first kappa shape index (κ1) is 12.7. The lowest BCUT2D eigenvalue weighted by atomic mass is 10.2. The van der Waals surface area contributed by atoms with Crippen LogP contribution in [0.25, 0.3) is 10.9 Å². The minimum absolute atomic E-state index is 0.260. The number of carboxylic acid groups (broad SMARTS) is 1. The average molecular weight is 284 g/mol. The van der Waals surface area contributed by atoms with Crippen LogP contribution in [0.2, 0.25) is 0 Å². The zero-order valence-electron chi connectivity index (χ0n) is 10.8. The number of para-hydroxylation sites is 1. The number of carbonyl (C=O) groups is 1. The summed E-state index contributed by atoms with van der Waals surface area (Å²) in [6.07, 6.45) is 0. The largest absolute Gasteiger partial charge is 0.478 e. The predicted molar refractivity (Wildman–Crippen MR) is 78.4 cm³/mol. The van der Waals surface area contributed by atoms with Gasteiger partial charge in [0.2, 0.25) is 0 Å². The molecule has 0 aliphatic rings. The second kappa shape index (κ2) is 5.02. The van der Waals surface area contributed by atoms with Gasteiger partial charge >= 0.3 is 5.97 Å². The summed E-state index contributed by atoms with van der Waals surface area (Å²) >= 11 is 1.43. The molecule has 2 aromatic heterocycles. The van der Waals surface area contributed by atoms with Gasteiger partial charge < -0.3 is 10.1 Å². The Labute approximate surface area is 119 Å². The molecule has 2 N–H and O–H groups in total. The van der Waals surface area contributed by atoms with Crippen molar-refractivity contribution in [3.63, 3.8) is 0 Å². The Balaban J connectivity index is 1.96.